The molecular weight excluding hydrogens is 379 g/mol. The Morgan fingerprint density at radius 2 is 1.86 bits per heavy atom. The van der Waals surface area contributed by atoms with Gasteiger partial charge in [-0.05, 0) is 61.0 Å². The van der Waals surface area contributed by atoms with E-state index in [2.05, 4.69) is 5.32 Å². The van der Waals surface area contributed by atoms with E-state index in [4.69, 9.17) is 0 Å². The van der Waals surface area contributed by atoms with Crippen molar-refractivity contribution in [3.63, 3.8) is 0 Å². The summed E-state index contributed by atoms with van der Waals surface area (Å²) in [7, 11) is 0. The standard InChI is InChI=1S/C21H19FN2O3S/c1-13-3-4-14(2)17(11-13)19(25)23-9-10-24-20(26)18(28-21(24)27)12-15-5-7-16(22)8-6-15/h3-8,11-12H,9-10H2,1-2H3,(H,23,25). The van der Waals surface area contributed by atoms with Crippen molar-refractivity contribution in [1.82, 2.24) is 10.2 Å². The van der Waals surface area contributed by atoms with Crippen molar-refractivity contribution >= 4 is 34.9 Å². The van der Waals surface area contributed by atoms with E-state index in [0.717, 1.165) is 27.8 Å². The summed E-state index contributed by atoms with van der Waals surface area (Å²) in [6.07, 6.45) is 1.55. The largest absolute Gasteiger partial charge is 0.350 e. The maximum atomic E-state index is 13.0. The van der Waals surface area contributed by atoms with Gasteiger partial charge in [0.05, 0.1) is 4.91 Å². The number of carbonyl (C=O) groups excluding carboxylic acids is 3. The van der Waals surface area contributed by atoms with E-state index in [1.54, 1.807) is 12.1 Å². The number of thioether (sulfide) groups is 1. The zero-order valence-corrected chi connectivity index (χ0v) is 16.3. The fourth-order valence-electron chi connectivity index (χ4n) is 2.76. The van der Waals surface area contributed by atoms with E-state index in [-0.39, 0.29) is 35.0 Å². The van der Waals surface area contributed by atoms with Gasteiger partial charge in [-0.3, -0.25) is 19.3 Å². The smallest absolute Gasteiger partial charge is 0.293 e. The van der Waals surface area contributed by atoms with Crippen LogP contribution in [0, 0.1) is 19.7 Å². The molecule has 28 heavy (non-hydrogen) atoms. The number of amides is 3. The van der Waals surface area contributed by atoms with Crippen LogP contribution in [0.4, 0.5) is 9.18 Å². The number of benzene rings is 2. The van der Waals surface area contributed by atoms with Crippen molar-refractivity contribution in [2.24, 2.45) is 0 Å². The molecule has 1 N–H and O–H groups in total. The van der Waals surface area contributed by atoms with Crippen LogP contribution in [0.25, 0.3) is 6.08 Å². The van der Waals surface area contributed by atoms with Crippen LogP contribution in [0.5, 0.6) is 0 Å². The highest BCUT2D eigenvalue weighted by Crippen LogP contribution is 2.31. The van der Waals surface area contributed by atoms with Gasteiger partial charge in [-0.2, -0.15) is 0 Å². The number of nitrogens with one attached hydrogen (secondary N) is 1. The number of halogens is 1. The molecule has 5 nitrogen and oxygen atoms in total. The predicted molar refractivity (Wildman–Crippen MR) is 107 cm³/mol. The Labute approximate surface area is 166 Å². The molecule has 0 aromatic heterocycles. The van der Waals surface area contributed by atoms with Crippen LogP contribution in [-0.4, -0.2) is 35.0 Å². The maximum absolute atomic E-state index is 13.0. The second-order valence-electron chi connectivity index (χ2n) is 6.46. The Kier molecular flexibility index (Phi) is 5.94. The molecule has 1 saturated heterocycles. The summed E-state index contributed by atoms with van der Waals surface area (Å²) in [6.45, 7) is 4.01. The Bertz CT molecular complexity index is 970. The molecule has 1 fully saturated rings. The SMILES string of the molecule is Cc1ccc(C)c(C(=O)NCCN2C(=O)SC(=Cc3ccc(F)cc3)C2=O)c1. The first kappa shape index (κ1) is 19.8. The molecule has 0 bridgehead atoms. The fraction of sp³-hybridized carbons (Fsp3) is 0.190. The number of hydrogen-bond donors (Lipinski definition) is 1. The van der Waals surface area contributed by atoms with Gasteiger partial charge in [0.25, 0.3) is 17.1 Å². The monoisotopic (exact) mass is 398 g/mol. The third kappa shape index (κ3) is 4.48. The Balaban J connectivity index is 1.61. The highest BCUT2D eigenvalue weighted by atomic mass is 32.2. The molecule has 0 saturated carbocycles. The molecule has 0 spiro atoms. The van der Waals surface area contributed by atoms with Gasteiger partial charge < -0.3 is 5.32 Å². The second kappa shape index (κ2) is 8.39. The van der Waals surface area contributed by atoms with Gasteiger partial charge in [0.1, 0.15) is 5.82 Å². The van der Waals surface area contributed by atoms with E-state index in [9.17, 15) is 18.8 Å². The van der Waals surface area contributed by atoms with Gasteiger partial charge in [0.15, 0.2) is 0 Å². The molecule has 0 unspecified atom stereocenters. The lowest BCUT2D eigenvalue weighted by Gasteiger charge is -2.13. The third-order valence-corrected chi connectivity index (χ3v) is 5.21. The summed E-state index contributed by atoms with van der Waals surface area (Å²) in [5.74, 6) is -1.03. The Hall–Kier alpha value is -2.93. The average Bonchev–Trinajstić information content (AvgIpc) is 2.92. The minimum Gasteiger partial charge on any atom is -0.350 e. The molecule has 0 atom stereocenters. The molecule has 0 radical (unpaired) electrons. The van der Waals surface area contributed by atoms with Gasteiger partial charge >= 0.3 is 0 Å². The number of hydrogen-bond acceptors (Lipinski definition) is 4. The lowest BCUT2D eigenvalue weighted by Crippen LogP contribution is -2.37. The molecule has 2 aromatic carbocycles. The Morgan fingerprint density at radius 1 is 1.14 bits per heavy atom. The molecule has 3 amide bonds. The van der Waals surface area contributed by atoms with E-state index < -0.39 is 5.91 Å². The number of rotatable bonds is 5. The number of aryl methyl sites for hydroxylation is 2. The first-order valence-electron chi connectivity index (χ1n) is 8.71. The highest BCUT2D eigenvalue weighted by Gasteiger charge is 2.34. The predicted octanol–water partition coefficient (Wildman–Crippen LogP) is 3.91. The van der Waals surface area contributed by atoms with Crippen molar-refractivity contribution in [2.45, 2.75) is 13.8 Å². The van der Waals surface area contributed by atoms with Crippen LogP contribution in [0.3, 0.4) is 0 Å². The topological polar surface area (TPSA) is 66.5 Å². The zero-order chi connectivity index (χ0) is 20.3. The molecule has 0 aliphatic carbocycles. The number of imide groups is 1. The van der Waals surface area contributed by atoms with Gasteiger partial charge in [-0.25, -0.2) is 4.39 Å². The summed E-state index contributed by atoms with van der Waals surface area (Å²) < 4.78 is 13.0. The van der Waals surface area contributed by atoms with Crippen LogP contribution in [0.15, 0.2) is 47.4 Å². The first-order valence-corrected chi connectivity index (χ1v) is 9.53. The highest BCUT2D eigenvalue weighted by molar-refractivity contribution is 8.18. The number of carbonyl (C=O) groups is 3. The molecular formula is C21H19FN2O3S. The lowest BCUT2D eigenvalue weighted by molar-refractivity contribution is -0.122. The quantitative estimate of drug-likeness (QED) is 0.776. The van der Waals surface area contributed by atoms with E-state index in [1.807, 2.05) is 26.0 Å². The van der Waals surface area contributed by atoms with Crippen molar-refractivity contribution in [2.75, 3.05) is 13.1 Å². The summed E-state index contributed by atoms with van der Waals surface area (Å²) in [4.78, 5) is 38.3. The van der Waals surface area contributed by atoms with Crippen LogP contribution >= 0.6 is 11.8 Å². The van der Waals surface area contributed by atoms with Crippen molar-refractivity contribution in [1.29, 1.82) is 0 Å². The normalized spacial score (nSPS) is 15.4. The summed E-state index contributed by atoms with van der Waals surface area (Å²) in [5, 5.41) is 2.36. The molecule has 144 valence electrons. The van der Waals surface area contributed by atoms with Crippen LogP contribution < -0.4 is 5.32 Å². The van der Waals surface area contributed by atoms with Gasteiger partial charge in [-0.15, -0.1) is 0 Å². The van der Waals surface area contributed by atoms with Crippen LogP contribution in [0.2, 0.25) is 0 Å². The van der Waals surface area contributed by atoms with E-state index >= 15 is 0 Å². The molecule has 1 heterocycles. The maximum Gasteiger partial charge on any atom is 0.293 e. The van der Waals surface area contributed by atoms with E-state index in [1.165, 1.54) is 24.3 Å². The summed E-state index contributed by atoms with van der Waals surface area (Å²) in [6, 6.07) is 11.3. The van der Waals surface area contributed by atoms with Crippen LogP contribution in [0.1, 0.15) is 27.0 Å². The number of nitrogens with zero attached hydrogens (tertiary/aromatic N) is 1. The van der Waals surface area contributed by atoms with Gasteiger partial charge in [0, 0.05) is 18.7 Å². The zero-order valence-electron chi connectivity index (χ0n) is 15.5. The average molecular weight is 398 g/mol. The third-order valence-electron chi connectivity index (χ3n) is 4.30. The molecule has 3 rings (SSSR count). The molecule has 1 aliphatic rings. The van der Waals surface area contributed by atoms with Crippen molar-refractivity contribution in [3.05, 3.63) is 75.4 Å². The summed E-state index contributed by atoms with van der Waals surface area (Å²) >= 11 is 0.833. The molecule has 2 aromatic rings. The Morgan fingerprint density at radius 3 is 2.57 bits per heavy atom. The van der Waals surface area contributed by atoms with Crippen molar-refractivity contribution in [3.8, 4) is 0 Å². The van der Waals surface area contributed by atoms with Gasteiger partial charge in [0.2, 0.25) is 0 Å². The first-order chi connectivity index (χ1) is 13.3. The molecule has 7 heteroatoms. The molecule has 1 aliphatic heterocycles. The fourth-order valence-corrected chi connectivity index (χ4v) is 3.63. The van der Waals surface area contributed by atoms with Crippen molar-refractivity contribution < 1.29 is 18.8 Å². The second-order valence-corrected chi connectivity index (χ2v) is 7.45. The summed E-state index contributed by atoms with van der Waals surface area (Å²) in [5.41, 5.74) is 3.05. The lowest BCUT2D eigenvalue weighted by atomic mass is 10.1. The van der Waals surface area contributed by atoms with Gasteiger partial charge in [-0.1, -0.05) is 29.8 Å². The van der Waals surface area contributed by atoms with Crippen LogP contribution in [-0.2, 0) is 4.79 Å². The minimum atomic E-state index is -0.416. The minimum absolute atomic E-state index is 0.0853. The van der Waals surface area contributed by atoms with E-state index in [0.29, 0.717) is 11.1 Å².